The van der Waals surface area contributed by atoms with Crippen LogP contribution >= 0.6 is 23.2 Å². The molecule has 0 bridgehead atoms. The quantitative estimate of drug-likeness (QED) is 0.327. The number of carbonyl (C=O) groups excluding carboxylic acids is 4. The number of urea groups is 1. The van der Waals surface area contributed by atoms with Gasteiger partial charge in [-0.2, -0.15) is 0 Å². The summed E-state index contributed by atoms with van der Waals surface area (Å²) in [6.45, 7) is 3.48. The summed E-state index contributed by atoms with van der Waals surface area (Å²) in [5.41, 5.74) is 0.273. The van der Waals surface area contributed by atoms with Crippen molar-refractivity contribution in [1.82, 2.24) is 5.32 Å². The predicted molar refractivity (Wildman–Crippen MR) is 125 cm³/mol. The Morgan fingerprint density at radius 3 is 2.38 bits per heavy atom. The number of imide groups is 2. The maximum Gasteiger partial charge on any atom is 0.344 e. The minimum Gasteiger partial charge on any atom is -0.490 e. The van der Waals surface area contributed by atoms with Crippen LogP contribution in [0.3, 0.4) is 0 Å². The van der Waals surface area contributed by atoms with E-state index in [1.807, 2.05) is 0 Å². The summed E-state index contributed by atoms with van der Waals surface area (Å²) in [7, 11) is 0. The van der Waals surface area contributed by atoms with E-state index in [1.165, 1.54) is 42.5 Å². The molecule has 11 heteroatoms. The van der Waals surface area contributed by atoms with Gasteiger partial charge in [-0.25, -0.2) is 14.5 Å². The number of ether oxygens (including phenoxy) is 3. The van der Waals surface area contributed by atoms with Crippen molar-refractivity contribution in [2.45, 2.75) is 13.8 Å². The van der Waals surface area contributed by atoms with Gasteiger partial charge in [0.1, 0.15) is 5.57 Å². The minimum atomic E-state index is -0.884. The molecule has 0 spiro atoms. The van der Waals surface area contributed by atoms with Crippen LogP contribution in [-0.4, -0.2) is 43.6 Å². The number of rotatable bonds is 8. The SMILES string of the molecule is CCOC(=O)COc1c(Cl)cc(/C=C2\C(=O)NC(=O)N(c3ccc(Cl)cc3)C2=O)cc1OCC. The van der Waals surface area contributed by atoms with Gasteiger partial charge >= 0.3 is 12.0 Å². The summed E-state index contributed by atoms with van der Waals surface area (Å²) in [4.78, 5) is 50.3. The number of nitrogens with zero attached hydrogens (tertiary/aromatic N) is 1. The number of benzene rings is 2. The van der Waals surface area contributed by atoms with Crippen molar-refractivity contribution in [2.24, 2.45) is 0 Å². The third kappa shape index (κ3) is 5.67. The molecule has 1 saturated heterocycles. The van der Waals surface area contributed by atoms with Crippen LogP contribution in [0, 0.1) is 0 Å². The molecule has 178 valence electrons. The summed E-state index contributed by atoms with van der Waals surface area (Å²) in [6.07, 6.45) is 1.27. The summed E-state index contributed by atoms with van der Waals surface area (Å²) in [6, 6.07) is 8.03. The average Bonchev–Trinajstić information content (AvgIpc) is 2.77. The highest BCUT2D eigenvalue weighted by molar-refractivity contribution is 6.39. The highest BCUT2D eigenvalue weighted by Crippen LogP contribution is 2.37. The fourth-order valence-corrected chi connectivity index (χ4v) is 3.46. The van der Waals surface area contributed by atoms with Crippen molar-refractivity contribution in [3.8, 4) is 11.5 Å². The molecule has 1 N–H and O–H groups in total. The number of anilines is 1. The van der Waals surface area contributed by atoms with Crippen molar-refractivity contribution in [2.75, 3.05) is 24.7 Å². The van der Waals surface area contributed by atoms with Gasteiger partial charge in [-0.05, 0) is 61.9 Å². The van der Waals surface area contributed by atoms with E-state index < -0.39 is 23.8 Å². The molecule has 1 heterocycles. The van der Waals surface area contributed by atoms with Gasteiger partial charge in [0, 0.05) is 5.02 Å². The zero-order chi connectivity index (χ0) is 24.8. The number of amides is 4. The van der Waals surface area contributed by atoms with Crippen LogP contribution in [0.4, 0.5) is 10.5 Å². The molecule has 2 aromatic carbocycles. The molecular weight excluding hydrogens is 487 g/mol. The first kappa shape index (κ1) is 25.1. The Hall–Kier alpha value is -3.56. The lowest BCUT2D eigenvalue weighted by molar-refractivity contribution is -0.145. The van der Waals surface area contributed by atoms with Crippen LogP contribution in [-0.2, 0) is 19.1 Å². The first-order valence-electron chi connectivity index (χ1n) is 10.2. The van der Waals surface area contributed by atoms with E-state index in [9.17, 15) is 19.2 Å². The first-order chi connectivity index (χ1) is 16.2. The molecule has 1 fully saturated rings. The lowest BCUT2D eigenvalue weighted by Gasteiger charge is -2.26. The topological polar surface area (TPSA) is 111 Å². The van der Waals surface area contributed by atoms with Crippen LogP contribution < -0.4 is 19.7 Å². The zero-order valence-corrected chi connectivity index (χ0v) is 19.7. The van der Waals surface area contributed by atoms with Crippen LogP contribution in [0.25, 0.3) is 6.08 Å². The molecule has 1 aliphatic heterocycles. The van der Waals surface area contributed by atoms with Gasteiger partial charge in [0.25, 0.3) is 11.8 Å². The number of halogens is 2. The second kappa shape index (κ2) is 11.0. The van der Waals surface area contributed by atoms with Crippen LogP contribution in [0.1, 0.15) is 19.4 Å². The molecule has 2 aromatic rings. The summed E-state index contributed by atoms with van der Waals surface area (Å²) < 4.78 is 15.9. The number of nitrogens with one attached hydrogen (secondary N) is 1. The van der Waals surface area contributed by atoms with Gasteiger partial charge < -0.3 is 14.2 Å². The Kier molecular flexibility index (Phi) is 8.14. The smallest absolute Gasteiger partial charge is 0.344 e. The molecular formula is C23H20Cl2N2O7. The Balaban J connectivity index is 1.95. The van der Waals surface area contributed by atoms with Crippen LogP contribution in [0.5, 0.6) is 11.5 Å². The fraction of sp³-hybridized carbons (Fsp3) is 0.217. The predicted octanol–water partition coefficient (Wildman–Crippen LogP) is 4.00. The molecule has 1 aliphatic rings. The monoisotopic (exact) mass is 506 g/mol. The lowest BCUT2D eigenvalue weighted by Crippen LogP contribution is -2.54. The van der Waals surface area contributed by atoms with E-state index in [2.05, 4.69) is 5.32 Å². The average molecular weight is 507 g/mol. The summed E-state index contributed by atoms with van der Waals surface area (Å²) in [5.74, 6) is -1.97. The van der Waals surface area contributed by atoms with Crippen molar-refractivity contribution < 1.29 is 33.4 Å². The van der Waals surface area contributed by atoms with Gasteiger partial charge in [0.15, 0.2) is 18.1 Å². The summed E-state index contributed by atoms with van der Waals surface area (Å²) >= 11 is 12.2. The largest absolute Gasteiger partial charge is 0.490 e. The van der Waals surface area contributed by atoms with Gasteiger partial charge in [0.2, 0.25) is 0 Å². The van der Waals surface area contributed by atoms with Gasteiger partial charge in [-0.3, -0.25) is 14.9 Å². The maximum absolute atomic E-state index is 13.0. The van der Waals surface area contributed by atoms with E-state index in [0.29, 0.717) is 10.6 Å². The third-order valence-corrected chi connectivity index (χ3v) is 5.00. The lowest BCUT2D eigenvalue weighted by atomic mass is 10.1. The highest BCUT2D eigenvalue weighted by Gasteiger charge is 2.36. The number of hydrogen-bond donors (Lipinski definition) is 1. The Morgan fingerprint density at radius 1 is 1.03 bits per heavy atom. The standard InChI is InChI=1S/C23H20Cl2N2O7/c1-3-32-18-11-13(10-17(25)20(18)34-12-19(28)33-4-2)9-16-21(29)26-23(31)27(22(16)30)15-7-5-14(24)6-8-15/h5-11H,3-4,12H2,1-2H3,(H,26,29,31)/b16-9+. The number of hydrogen-bond acceptors (Lipinski definition) is 7. The molecule has 0 atom stereocenters. The van der Waals surface area contributed by atoms with E-state index in [4.69, 9.17) is 37.4 Å². The van der Waals surface area contributed by atoms with E-state index in [1.54, 1.807) is 13.8 Å². The Bertz CT molecular complexity index is 1160. The van der Waals surface area contributed by atoms with Gasteiger partial charge in [-0.15, -0.1) is 0 Å². The molecule has 3 rings (SSSR count). The number of carbonyl (C=O) groups is 4. The maximum atomic E-state index is 13.0. The summed E-state index contributed by atoms with van der Waals surface area (Å²) in [5, 5.41) is 2.64. The highest BCUT2D eigenvalue weighted by atomic mass is 35.5. The Morgan fingerprint density at radius 2 is 1.74 bits per heavy atom. The Labute approximate surface area is 205 Å². The molecule has 0 aliphatic carbocycles. The van der Waals surface area contributed by atoms with Crippen molar-refractivity contribution in [3.05, 3.63) is 57.6 Å². The zero-order valence-electron chi connectivity index (χ0n) is 18.2. The van der Waals surface area contributed by atoms with Crippen LogP contribution in [0.2, 0.25) is 10.0 Å². The van der Waals surface area contributed by atoms with Crippen molar-refractivity contribution in [1.29, 1.82) is 0 Å². The van der Waals surface area contributed by atoms with E-state index in [-0.39, 0.29) is 47.6 Å². The second-order valence-electron chi connectivity index (χ2n) is 6.79. The molecule has 0 saturated carbocycles. The second-order valence-corrected chi connectivity index (χ2v) is 7.63. The van der Waals surface area contributed by atoms with Crippen molar-refractivity contribution >= 4 is 58.8 Å². The molecule has 0 aromatic heterocycles. The normalized spacial score (nSPS) is 14.8. The van der Waals surface area contributed by atoms with Gasteiger partial charge in [-0.1, -0.05) is 23.2 Å². The van der Waals surface area contributed by atoms with Crippen LogP contribution in [0.15, 0.2) is 42.0 Å². The van der Waals surface area contributed by atoms with Gasteiger partial charge in [0.05, 0.1) is 23.9 Å². The van der Waals surface area contributed by atoms with Crippen molar-refractivity contribution in [3.63, 3.8) is 0 Å². The molecule has 4 amide bonds. The first-order valence-corrected chi connectivity index (χ1v) is 10.9. The number of esters is 1. The van der Waals surface area contributed by atoms with E-state index >= 15 is 0 Å². The molecule has 0 radical (unpaired) electrons. The third-order valence-electron chi connectivity index (χ3n) is 4.47. The molecule has 0 unspecified atom stereocenters. The molecule has 9 nitrogen and oxygen atoms in total. The minimum absolute atomic E-state index is 0.0800. The van der Waals surface area contributed by atoms with E-state index in [0.717, 1.165) is 4.90 Å². The fourth-order valence-electron chi connectivity index (χ4n) is 3.06. The number of barbiturate groups is 1. The molecule has 34 heavy (non-hydrogen) atoms.